The number of aliphatic imine (C=N–C) groups is 1. The number of nitrogens with two attached hydrogens (primary N) is 1. The summed E-state index contributed by atoms with van der Waals surface area (Å²) in [6.07, 6.45) is 16.0. The van der Waals surface area contributed by atoms with Crippen LogP contribution in [0.5, 0.6) is 0 Å². The van der Waals surface area contributed by atoms with E-state index in [1.807, 2.05) is 0 Å². The Morgan fingerprint density at radius 2 is 1.30 bits per heavy atom. The normalized spacial score (nSPS) is 11.3. The van der Waals surface area contributed by atoms with Gasteiger partial charge in [-0.1, -0.05) is 78.6 Å². The van der Waals surface area contributed by atoms with Crippen molar-refractivity contribution in [3.63, 3.8) is 0 Å². The summed E-state index contributed by atoms with van der Waals surface area (Å²) in [5, 5.41) is 5.79. The monoisotopic (exact) mass is 347 g/mol. The summed E-state index contributed by atoms with van der Waals surface area (Å²) in [4.78, 5) is 4.76. The van der Waals surface area contributed by atoms with E-state index in [4.69, 9.17) is 4.99 Å². The van der Waals surface area contributed by atoms with Gasteiger partial charge in [-0.15, -0.1) is 0 Å². The number of guanidine groups is 1. The smallest absolute Gasteiger partial charge is 0.294 e. The van der Waals surface area contributed by atoms with Gasteiger partial charge in [0, 0.05) is 13.1 Å². The van der Waals surface area contributed by atoms with E-state index in [-0.39, 0.29) is 12.4 Å². The molecule has 4 heteroatoms. The van der Waals surface area contributed by atoms with E-state index in [1.54, 1.807) is 0 Å². The van der Waals surface area contributed by atoms with Crippen molar-refractivity contribution in [3.05, 3.63) is 0 Å². The lowest BCUT2D eigenvalue weighted by Gasteiger charge is -2.07. The summed E-state index contributed by atoms with van der Waals surface area (Å²) in [5.41, 5.74) is 0. The van der Waals surface area contributed by atoms with Gasteiger partial charge in [0.15, 0.2) is 0 Å². The second-order valence-corrected chi connectivity index (χ2v) is 6.37. The first kappa shape index (κ1) is 25.0. The topological polar surface area (TPSA) is 41.0 Å². The molecule has 0 aromatic carbocycles. The third-order valence-corrected chi connectivity index (χ3v) is 4.03. The lowest BCUT2D eigenvalue weighted by molar-refractivity contribution is -0.544. The first-order valence-corrected chi connectivity index (χ1v) is 9.96. The maximum absolute atomic E-state index is 4.76. The maximum atomic E-state index is 4.76. The molecule has 0 bridgehead atoms. The van der Waals surface area contributed by atoms with Crippen molar-refractivity contribution in [3.8, 4) is 0 Å². The van der Waals surface area contributed by atoms with E-state index in [0.29, 0.717) is 0 Å². The molecule has 0 fully saturated rings. The minimum absolute atomic E-state index is 0. The highest BCUT2D eigenvalue weighted by molar-refractivity contribution is 5.69. The molecular weight excluding hydrogens is 306 g/mol. The Hall–Kier alpha value is -0.280. The number of hydrogen-bond donors (Lipinski definition) is 2. The van der Waals surface area contributed by atoms with Gasteiger partial charge in [0.1, 0.15) is 0 Å². The third-order valence-electron chi connectivity index (χ3n) is 4.03. The van der Waals surface area contributed by atoms with Crippen LogP contribution in [-0.2, 0) is 0 Å². The highest BCUT2D eigenvalue weighted by Crippen LogP contribution is 2.08. The van der Waals surface area contributed by atoms with Crippen LogP contribution in [0.1, 0.15) is 97.8 Å². The molecular formula is C19H42ClN3. The Bertz CT molecular complexity index is 233. The zero-order chi connectivity index (χ0) is 16.3. The Morgan fingerprint density at radius 1 is 0.739 bits per heavy atom. The number of quaternary nitrogens is 1. The van der Waals surface area contributed by atoms with Crippen LogP contribution in [0.15, 0.2) is 4.99 Å². The molecule has 0 spiro atoms. The van der Waals surface area contributed by atoms with Gasteiger partial charge in [-0.25, -0.2) is 4.99 Å². The first-order chi connectivity index (χ1) is 10.8. The largest absolute Gasteiger partial charge is 1.00 e. The van der Waals surface area contributed by atoms with E-state index < -0.39 is 0 Å². The van der Waals surface area contributed by atoms with Crippen molar-refractivity contribution in [1.82, 2.24) is 5.32 Å². The Morgan fingerprint density at radius 3 is 1.91 bits per heavy atom. The second kappa shape index (κ2) is 21.7. The van der Waals surface area contributed by atoms with Crippen LogP contribution in [-0.4, -0.2) is 25.6 Å². The van der Waals surface area contributed by atoms with Crippen LogP contribution in [0.25, 0.3) is 0 Å². The molecule has 0 amide bonds. The molecule has 0 heterocycles. The minimum atomic E-state index is 0. The van der Waals surface area contributed by atoms with Gasteiger partial charge in [0.25, 0.3) is 5.96 Å². The predicted octanol–water partition coefficient (Wildman–Crippen LogP) is 1.24. The lowest BCUT2D eigenvalue weighted by Crippen LogP contribution is -3.00. The molecule has 0 saturated carbocycles. The fourth-order valence-corrected chi connectivity index (χ4v) is 2.47. The molecule has 0 saturated heterocycles. The summed E-state index contributed by atoms with van der Waals surface area (Å²) in [6, 6.07) is 0. The average molecular weight is 348 g/mol. The fraction of sp³-hybridized carbons (Fsp3) is 0.947. The minimum Gasteiger partial charge on any atom is -1.00 e. The number of halogens is 1. The van der Waals surface area contributed by atoms with E-state index in [9.17, 15) is 0 Å². The SMILES string of the molecule is CCCCCCCCCCN=C(NCCCC)[NH2+]CCCC.[Cl-]. The van der Waals surface area contributed by atoms with Crippen LogP contribution in [0.4, 0.5) is 0 Å². The van der Waals surface area contributed by atoms with Crippen LogP contribution in [0, 0.1) is 0 Å². The van der Waals surface area contributed by atoms with Crippen LogP contribution >= 0.6 is 0 Å². The molecule has 3 nitrogen and oxygen atoms in total. The first-order valence-electron chi connectivity index (χ1n) is 9.96. The lowest BCUT2D eigenvalue weighted by atomic mass is 10.1. The van der Waals surface area contributed by atoms with Gasteiger partial charge in [-0.05, 0) is 19.3 Å². The molecule has 0 atom stereocenters. The van der Waals surface area contributed by atoms with E-state index in [2.05, 4.69) is 31.4 Å². The van der Waals surface area contributed by atoms with Crippen molar-refractivity contribution < 1.29 is 17.7 Å². The molecule has 0 aromatic rings. The summed E-state index contributed by atoms with van der Waals surface area (Å²) < 4.78 is 0. The third kappa shape index (κ3) is 19.7. The number of rotatable bonds is 15. The molecule has 0 aliphatic rings. The quantitative estimate of drug-likeness (QED) is 0.261. The average Bonchev–Trinajstić information content (AvgIpc) is 2.53. The van der Waals surface area contributed by atoms with E-state index in [1.165, 1.54) is 77.0 Å². The van der Waals surface area contributed by atoms with Gasteiger partial charge in [-0.2, -0.15) is 0 Å². The predicted molar refractivity (Wildman–Crippen MR) is 99.5 cm³/mol. The van der Waals surface area contributed by atoms with Crippen molar-refractivity contribution in [2.45, 2.75) is 97.8 Å². The molecule has 0 unspecified atom stereocenters. The molecule has 140 valence electrons. The van der Waals surface area contributed by atoms with Crippen LogP contribution in [0.3, 0.4) is 0 Å². The Kier molecular flexibility index (Phi) is 23.6. The van der Waals surface area contributed by atoms with Gasteiger partial charge in [0.05, 0.1) is 6.54 Å². The molecule has 0 aromatic heterocycles. The number of unbranched alkanes of at least 4 members (excludes halogenated alkanes) is 9. The van der Waals surface area contributed by atoms with Crippen LogP contribution < -0.4 is 23.0 Å². The molecule has 0 aliphatic heterocycles. The van der Waals surface area contributed by atoms with Gasteiger partial charge >= 0.3 is 0 Å². The zero-order valence-electron chi connectivity index (χ0n) is 16.0. The highest BCUT2D eigenvalue weighted by atomic mass is 35.5. The van der Waals surface area contributed by atoms with Gasteiger partial charge in [-0.3, -0.25) is 5.32 Å². The number of nitrogens with one attached hydrogen (secondary N) is 1. The van der Waals surface area contributed by atoms with Crippen LogP contribution in [0.2, 0.25) is 0 Å². The fourth-order valence-electron chi connectivity index (χ4n) is 2.47. The Balaban J connectivity index is 0. The number of hydrogen-bond acceptors (Lipinski definition) is 1. The molecule has 0 radical (unpaired) electrons. The van der Waals surface area contributed by atoms with Crippen molar-refractivity contribution in [2.75, 3.05) is 19.6 Å². The number of nitrogens with zero attached hydrogens (tertiary/aromatic N) is 1. The molecule has 23 heavy (non-hydrogen) atoms. The van der Waals surface area contributed by atoms with Crippen molar-refractivity contribution >= 4 is 5.96 Å². The standard InChI is InChI=1S/C19H41N3.ClH/c1-4-7-10-11-12-13-14-15-18-22-19(20-16-8-5-2)21-17-9-6-3;/h4-18H2,1-3H3,(H2,20,21,22);1H. The summed E-state index contributed by atoms with van der Waals surface area (Å²) in [6.45, 7) is 9.98. The highest BCUT2D eigenvalue weighted by Gasteiger charge is 2.01. The van der Waals surface area contributed by atoms with E-state index >= 15 is 0 Å². The van der Waals surface area contributed by atoms with Crippen molar-refractivity contribution in [2.24, 2.45) is 4.99 Å². The second-order valence-electron chi connectivity index (χ2n) is 6.37. The summed E-state index contributed by atoms with van der Waals surface area (Å²) in [7, 11) is 0. The molecule has 3 N–H and O–H groups in total. The van der Waals surface area contributed by atoms with Crippen molar-refractivity contribution in [1.29, 1.82) is 0 Å². The summed E-state index contributed by atoms with van der Waals surface area (Å²) >= 11 is 0. The molecule has 0 rings (SSSR count). The molecule has 0 aliphatic carbocycles. The van der Waals surface area contributed by atoms with Gasteiger partial charge < -0.3 is 17.7 Å². The van der Waals surface area contributed by atoms with Gasteiger partial charge in [0.2, 0.25) is 0 Å². The zero-order valence-corrected chi connectivity index (χ0v) is 16.8. The maximum Gasteiger partial charge on any atom is 0.294 e. The van der Waals surface area contributed by atoms with E-state index in [0.717, 1.165) is 25.6 Å². The Labute approximate surface area is 151 Å². The summed E-state index contributed by atoms with van der Waals surface area (Å²) in [5.74, 6) is 1.14.